The average Bonchev–Trinajstić information content (AvgIpc) is 3.35. The van der Waals surface area contributed by atoms with Crippen LogP contribution in [0.2, 0.25) is 0 Å². The third-order valence-corrected chi connectivity index (χ3v) is 7.47. The van der Waals surface area contributed by atoms with Gasteiger partial charge in [0.2, 0.25) is 5.95 Å². The third kappa shape index (κ3) is 7.74. The molecule has 1 saturated heterocycles. The van der Waals surface area contributed by atoms with Gasteiger partial charge in [-0.25, -0.2) is 9.59 Å². The molecule has 0 aliphatic carbocycles. The molecule has 0 bridgehead atoms. The van der Waals surface area contributed by atoms with Gasteiger partial charge in [0.15, 0.2) is 16.9 Å². The predicted molar refractivity (Wildman–Crippen MR) is 173 cm³/mol. The number of piperidine rings is 1. The van der Waals surface area contributed by atoms with Crippen molar-refractivity contribution < 1.29 is 19.1 Å². The Labute approximate surface area is 261 Å². The van der Waals surface area contributed by atoms with Gasteiger partial charge in [0.1, 0.15) is 17.3 Å². The molecule has 1 N–H and O–H groups in total. The molecule has 1 unspecified atom stereocenters. The first kappa shape index (κ1) is 32.9. The zero-order chi connectivity index (χ0) is 32.2. The van der Waals surface area contributed by atoms with E-state index >= 15 is 0 Å². The number of amides is 1. The predicted octanol–water partition coefficient (Wildman–Crippen LogP) is 3.94. The molecule has 1 aromatic carbocycles. The lowest BCUT2D eigenvalue weighted by Crippen LogP contribution is -2.49. The summed E-state index contributed by atoms with van der Waals surface area (Å²) < 4.78 is 15.1. The zero-order valence-electron chi connectivity index (χ0n) is 26.5. The van der Waals surface area contributed by atoms with Crippen molar-refractivity contribution in [2.45, 2.75) is 72.2 Å². The van der Waals surface area contributed by atoms with Gasteiger partial charge in [-0.2, -0.15) is 4.98 Å². The summed E-state index contributed by atoms with van der Waals surface area (Å²) in [5.41, 5.74) is 0.00758. The molecule has 1 fully saturated rings. The van der Waals surface area contributed by atoms with Crippen LogP contribution in [0.1, 0.15) is 57.8 Å². The first-order valence-electron chi connectivity index (χ1n) is 14.6. The smallest absolute Gasteiger partial charge is 0.407 e. The summed E-state index contributed by atoms with van der Waals surface area (Å²) in [4.78, 5) is 60.0. The number of ketones is 1. The monoisotopic (exact) mass is 626 g/mol. The van der Waals surface area contributed by atoms with Gasteiger partial charge in [-0.1, -0.05) is 23.8 Å². The number of rotatable bonds is 10. The Morgan fingerprint density at radius 2 is 1.93 bits per heavy atom. The highest BCUT2D eigenvalue weighted by Gasteiger charge is 2.29. The van der Waals surface area contributed by atoms with E-state index in [0.717, 1.165) is 23.0 Å². The summed E-state index contributed by atoms with van der Waals surface area (Å²) in [5.74, 6) is 1.09. The summed E-state index contributed by atoms with van der Waals surface area (Å²) in [6, 6.07) is 6.52. The minimum Gasteiger partial charge on any atom is -0.483 e. The Kier molecular flexibility index (Phi) is 10.3. The lowest BCUT2D eigenvalue weighted by Gasteiger charge is -2.34. The molecule has 0 saturated carbocycles. The molecule has 1 aliphatic rings. The summed E-state index contributed by atoms with van der Waals surface area (Å²) in [7, 11) is 1.55. The largest absolute Gasteiger partial charge is 0.483 e. The number of Topliss-reactive ketones (excluding diaryl/α,β-unsaturated/α-hetero) is 1. The van der Waals surface area contributed by atoms with Crippen LogP contribution < -0.4 is 26.2 Å². The molecule has 238 valence electrons. The number of ether oxygens (including phenoxy) is 2. The molecule has 0 spiro atoms. The van der Waals surface area contributed by atoms with Crippen LogP contribution in [0.5, 0.6) is 5.75 Å². The molecule has 3 aromatic rings. The fourth-order valence-electron chi connectivity index (χ4n) is 5.06. The number of benzene rings is 1. The summed E-state index contributed by atoms with van der Waals surface area (Å²) in [6.07, 6.45) is 4.94. The van der Waals surface area contributed by atoms with Crippen molar-refractivity contribution in [3.05, 3.63) is 62.3 Å². The Morgan fingerprint density at radius 1 is 1.18 bits per heavy atom. The van der Waals surface area contributed by atoms with Gasteiger partial charge in [-0.3, -0.25) is 18.7 Å². The number of aryl methyl sites for hydroxylation is 1. The maximum Gasteiger partial charge on any atom is 0.407 e. The zero-order valence-corrected chi connectivity index (χ0v) is 27.3. The van der Waals surface area contributed by atoms with E-state index < -0.39 is 29.5 Å². The molecule has 3 heterocycles. The minimum atomic E-state index is -0.632. The molecule has 4 rings (SSSR count). The number of thioether (sulfide) groups is 1. The molecular formula is C31H42N6O6S. The SMILES string of the molecule is CSCOc1cccc(C(=O)Cn2c(=O)c3c(nc(N4CCCC(NC(=O)OC(C)(C)C)C4)n3CC=C(C)C)n(C)c2=O)c1. The van der Waals surface area contributed by atoms with E-state index in [1.165, 1.54) is 16.3 Å². The van der Waals surface area contributed by atoms with Crippen LogP contribution in [-0.4, -0.2) is 67.5 Å². The first-order valence-corrected chi connectivity index (χ1v) is 16.0. The van der Waals surface area contributed by atoms with Gasteiger partial charge >= 0.3 is 11.8 Å². The molecule has 13 heteroatoms. The average molecular weight is 627 g/mol. The van der Waals surface area contributed by atoms with Crippen LogP contribution in [0.15, 0.2) is 45.5 Å². The number of fused-ring (bicyclic) bond motifs is 1. The highest BCUT2D eigenvalue weighted by Crippen LogP contribution is 2.24. The van der Waals surface area contributed by atoms with Crippen molar-refractivity contribution in [3.63, 3.8) is 0 Å². The summed E-state index contributed by atoms with van der Waals surface area (Å²) in [6.45, 7) is 10.4. The number of alkyl carbamates (subject to hydrolysis) is 1. The van der Waals surface area contributed by atoms with Crippen molar-refractivity contribution in [1.29, 1.82) is 0 Å². The molecule has 12 nitrogen and oxygen atoms in total. The number of nitrogens with zero attached hydrogens (tertiary/aromatic N) is 5. The lowest BCUT2D eigenvalue weighted by atomic mass is 10.1. The second-order valence-corrected chi connectivity index (χ2v) is 13.0. The van der Waals surface area contributed by atoms with Crippen molar-refractivity contribution in [3.8, 4) is 5.75 Å². The van der Waals surface area contributed by atoms with E-state index in [0.29, 0.717) is 42.8 Å². The fraction of sp³-hybridized carbons (Fsp3) is 0.516. The molecular weight excluding hydrogens is 584 g/mol. The first-order chi connectivity index (χ1) is 20.8. The van der Waals surface area contributed by atoms with Gasteiger partial charge in [-0.05, 0) is 65.8 Å². The van der Waals surface area contributed by atoms with E-state index in [4.69, 9.17) is 14.5 Å². The van der Waals surface area contributed by atoms with Crippen LogP contribution in [0, 0.1) is 0 Å². The number of carbonyl (C=O) groups excluding carboxylic acids is 2. The molecule has 1 atom stereocenters. The van der Waals surface area contributed by atoms with Crippen LogP contribution in [0.4, 0.5) is 10.7 Å². The Hall–Kier alpha value is -4.00. The van der Waals surface area contributed by atoms with Crippen molar-refractivity contribution >= 4 is 40.8 Å². The number of aromatic nitrogens is 4. The maximum atomic E-state index is 14.0. The number of hydrogen-bond acceptors (Lipinski definition) is 9. The number of anilines is 1. The number of imidazole rings is 1. The van der Waals surface area contributed by atoms with E-state index in [1.807, 2.05) is 51.9 Å². The summed E-state index contributed by atoms with van der Waals surface area (Å²) in [5, 5.41) is 2.95. The lowest BCUT2D eigenvalue weighted by molar-refractivity contribution is 0.0499. The van der Waals surface area contributed by atoms with Crippen molar-refractivity contribution in [2.75, 3.05) is 30.2 Å². The van der Waals surface area contributed by atoms with Crippen LogP contribution in [0.25, 0.3) is 11.2 Å². The fourth-order valence-corrected chi connectivity index (χ4v) is 5.31. The number of nitrogens with one attached hydrogen (secondary N) is 1. The van der Waals surface area contributed by atoms with Gasteiger partial charge in [0.05, 0.1) is 6.54 Å². The molecule has 1 amide bonds. The Bertz CT molecular complexity index is 1680. The van der Waals surface area contributed by atoms with Crippen LogP contribution in [0.3, 0.4) is 0 Å². The number of allylic oxidation sites excluding steroid dienone is 2. The van der Waals surface area contributed by atoms with E-state index in [-0.39, 0.29) is 23.0 Å². The highest BCUT2D eigenvalue weighted by atomic mass is 32.2. The van der Waals surface area contributed by atoms with E-state index in [9.17, 15) is 19.2 Å². The minimum absolute atomic E-state index is 0.191. The van der Waals surface area contributed by atoms with Gasteiger partial charge in [0.25, 0.3) is 5.56 Å². The van der Waals surface area contributed by atoms with Gasteiger partial charge in [0, 0.05) is 38.3 Å². The number of carbonyl (C=O) groups is 2. The molecule has 1 aliphatic heterocycles. The maximum absolute atomic E-state index is 14.0. The second kappa shape index (κ2) is 13.7. The van der Waals surface area contributed by atoms with E-state index in [1.54, 1.807) is 35.9 Å². The molecule has 0 radical (unpaired) electrons. The highest BCUT2D eigenvalue weighted by molar-refractivity contribution is 7.98. The summed E-state index contributed by atoms with van der Waals surface area (Å²) >= 11 is 1.51. The van der Waals surface area contributed by atoms with Gasteiger partial charge in [-0.15, -0.1) is 11.8 Å². The third-order valence-electron chi connectivity index (χ3n) is 7.12. The quantitative estimate of drug-likeness (QED) is 0.202. The standard InChI is InChI=1S/C31H42N6O6S/c1-20(2)13-15-36-25-26(33-28(36)35-14-9-11-22(17-35)32-29(40)43-31(3,4)5)34(6)30(41)37(27(25)39)18-24(38)21-10-8-12-23(16-21)42-19-44-7/h8,10,12-13,16,22H,9,11,14-15,17-19H2,1-7H3,(H,32,40). The van der Waals surface area contributed by atoms with Gasteiger partial charge < -0.3 is 24.3 Å². The van der Waals surface area contributed by atoms with Crippen LogP contribution >= 0.6 is 11.8 Å². The Balaban J connectivity index is 1.73. The topological polar surface area (TPSA) is 130 Å². The number of hydrogen-bond donors (Lipinski definition) is 1. The van der Waals surface area contributed by atoms with Crippen LogP contribution in [-0.2, 0) is 24.9 Å². The molecule has 44 heavy (non-hydrogen) atoms. The normalized spacial score (nSPS) is 15.2. The molecule has 2 aromatic heterocycles. The van der Waals surface area contributed by atoms with Crippen molar-refractivity contribution in [2.24, 2.45) is 7.05 Å². The second-order valence-electron chi connectivity index (χ2n) is 12.1. The van der Waals surface area contributed by atoms with E-state index in [2.05, 4.69) is 5.32 Å². The Morgan fingerprint density at radius 3 is 2.61 bits per heavy atom. The van der Waals surface area contributed by atoms with Crippen molar-refractivity contribution in [1.82, 2.24) is 24.0 Å².